The molecule has 0 aromatic heterocycles. The minimum absolute atomic E-state index is 0.240. The van der Waals surface area contributed by atoms with Crippen molar-refractivity contribution in [3.8, 4) is 0 Å². The predicted octanol–water partition coefficient (Wildman–Crippen LogP) is 3.64. The van der Waals surface area contributed by atoms with E-state index in [0.29, 0.717) is 4.47 Å². The van der Waals surface area contributed by atoms with Gasteiger partial charge in [-0.1, -0.05) is 15.9 Å². The molecule has 1 heterocycles. The SMILES string of the molecule is CC(C)(F)[C@H](c1cc(F)cc(Br)c1)C1CNC1. The van der Waals surface area contributed by atoms with Crippen LogP contribution in [0, 0.1) is 11.7 Å². The van der Waals surface area contributed by atoms with Gasteiger partial charge in [-0.15, -0.1) is 0 Å². The average molecular weight is 304 g/mol. The lowest BCUT2D eigenvalue weighted by Gasteiger charge is -2.40. The van der Waals surface area contributed by atoms with Gasteiger partial charge >= 0.3 is 0 Å². The maximum absolute atomic E-state index is 14.3. The highest BCUT2D eigenvalue weighted by molar-refractivity contribution is 9.10. The maximum Gasteiger partial charge on any atom is 0.124 e. The van der Waals surface area contributed by atoms with E-state index in [9.17, 15) is 8.78 Å². The van der Waals surface area contributed by atoms with Gasteiger partial charge < -0.3 is 5.32 Å². The van der Waals surface area contributed by atoms with Crippen LogP contribution < -0.4 is 5.32 Å². The van der Waals surface area contributed by atoms with Gasteiger partial charge in [0.25, 0.3) is 0 Å². The zero-order valence-corrected chi connectivity index (χ0v) is 11.5. The largest absolute Gasteiger partial charge is 0.316 e. The second-order valence-corrected chi connectivity index (χ2v) is 6.08. The molecule has 0 unspecified atom stereocenters. The molecule has 0 amide bonds. The van der Waals surface area contributed by atoms with Gasteiger partial charge in [0, 0.05) is 10.4 Å². The zero-order valence-electron chi connectivity index (χ0n) is 9.93. The number of hydrogen-bond donors (Lipinski definition) is 1. The first kappa shape index (κ1) is 13.0. The Morgan fingerprint density at radius 2 is 2.00 bits per heavy atom. The Bertz CT molecular complexity index is 390. The third kappa shape index (κ3) is 2.86. The van der Waals surface area contributed by atoms with Crippen LogP contribution in [0.15, 0.2) is 22.7 Å². The van der Waals surface area contributed by atoms with Crippen LogP contribution in [0.25, 0.3) is 0 Å². The molecule has 0 aliphatic carbocycles. The normalized spacial score (nSPS) is 18.9. The second-order valence-electron chi connectivity index (χ2n) is 5.16. The quantitative estimate of drug-likeness (QED) is 0.899. The molecule has 1 aromatic carbocycles. The number of halogens is 3. The van der Waals surface area contributed by atoms with Crippen molar-refractivity contribution in [1.82, 2.24) is 5.32 Å². The Kier molecular flexibility index (Phi) is 3.55. The van der Waals surface area contributed by atoms with Crippen LogP contribution in [0.5, 0.6) is 0 Å². The molecule has 1 N–H and O–H groups in total. The van der Waals surface area contributed by atoms with E-state index >= 15 is 0 Å². The lowest BCUT2D eigenvalue weighted by molar-refractivity contribution is 0.107. The third-order valence-corrected chi connectivity index (χ3v) is 3.73. The Labute approximate surface area is 109 Å². The Balaban J connectivity index is 2.37. The van der Waals surface area contributed by atoms with Gasteiger partial charge in [-0.25, -0.2) is 8.78 Å². The molecule has 0 radical (unpaired) electrons. The van der Waals surface area contributed by atoms with Crippen molar-refractivity contribution >= 4 is 15.9 Å². The summed E-state index contributed by atoms with van der Waals surface area (Å²) in [6, 6.07) is 4.65. The summed E-state index contributed by atoms with van der Waals surface area (Å²) in [6.45, 7) is 4.72. The summed E-state index contributed by atoms with van der Waals surface area (Å²) in [5, 5.41) is 3.14. The van der Waals surface area contributed by atoms with E-state index in [1.54, 1.807) is 13.8 Å². The molecule has 1 atom stereocenters. The van der Waals surface area contributed by atoms with Crippen molar-refractivity contribution < 1.29 is 8.78 Å². The van der Waals surface area contributed by atoms with Crippen LogP contribution in [0.3, 0.4) is 0 Å². The number of rotatable bonds is 3. The fraction of sp³-hybridized carbons (Fsp3) is 0.538. The number of hydrogen-bond acceptors (Lipinski definition) is 1. The second kappa shape index (κ2) is 4.65. The molecule has 0 spiro atoms. The van der Waals surface area contributed by atoms with E-state index in [1.165, 1.54) is 12.1 Å². The highest BCUT2D eigenvalue weighted by Gasteiger charge is 2.39. The van der Waals surface area contributed by atoms with Gasteiger partial charge in [0.1, 0.15) is 11.5 Å². The Morgan fingerprint density at radius 1 is 1.35 bits per heavy atom. The first-order valence-corrected chi connectivity index (χ1v) is 6.53. The minimum Gasteiger partial charge on any atom is -0.316 e. The van der Waals surface area contributed by atoms with E-state index in [0.717, 1.165) is 18.7 Å². The summed E-state index contributed by atoms with van der Waals surface area (Å²) in [4.78, 5) is 0. The van der Waals surface area contributed by atoms with E-state index in [1.807, 2.05) is 6.07 Å². The van der Waals surface area contributed by atoms with Crippen LogP contribution in [0.2, 0.25) is 0 Å². The Morgan fingerprint density at radius 3 is 2.41 bits per heavy atom. The van der Waals surface area contributed by atoms with Crippen molar-refractivity contribution in [2.75, 3.05) is 13.1 Å². The van der Waals surface area contributed by atoms with Crippen molar-refractivity contribution in [1.29, 1.82) is 0 Å². The molecule has 4 heteroatoms. The van der Waals surface area contributed by atoms with E-state index < -0.39 is 5.67 Å². The van der Waals surface area contributed by atoms with Gasteiger partial charge in [0.15, 0.2) is 0 Å². The lowest BCUT2D eigenvalue weighted by Crippen LogP contribution is -2.49. The topological polar surface area (TPSA) is 12.0 Å². The van der Waals surface area contributed by atoms with Gasteiger partial charge in [-0.3, -0.25) is 0 Å². The van der Waals surface area contributed by atoms with Gasteiger partial charge in [0.2, 0.25) is 0 Å². The molecular weight excluding hydrogens is 288 g/mol. The van der Waals surface area contributed by atoms with Crippen molar-refractivity contribution in [3.05, 3.63) is 34.1 Å². The van der Waals surface area contributed by atoms with E-state index in [-0.39, 0.29) is 17.7 Å². The highest BCUT2D eigenvalue weighted by Crippen LogP contribution is 2.40. The molecule has 1 saturated heterocycles. The van der Waals surface area contributed by atoms with Gasteiger partial charge in [-0.2, -0.15) is 0 Å². The van der Waals surface area contributed by atoms with Gasteiger partial charge in [0.05, 0.1) is 0 Å². The van der Waals surface area contributed by atoms with E-state index in [2.05, 4.69) is 21.2 Å². The Hall–Kier alpha value is -0.480. The van der Waals surface area contributed by atoms with Crippen molar-refractivity contribution in [2.45, 2.75) is 25.4 Å². The molecular formula is C13H16BrF2N. The monoisotopic (exact) mass is 303 g/mol. The zero-order chi connectivity index (χ0) is 12.6. The summed E-state index contributed by atoms with van der Waals surface area (Å²) in [7, 11) is 0. The van der Waals surface area contributed by atoms with E-state index in [4.69, 9.17) is 0 Å². The first-order valence-electron chi connectivity index (χ1n) is 5.73. The fourth-order valence-corrected chi connectivity index (χ4v) is 3.01. The molecule has 0 saturated carbocycles. The molecule has 17 heavy (non-hydrogen) atoms. The highest BCUT2D eigenvalue weighted by atomic mass is 79.9. The number of alkyl halides is 1. The molecule has 1 nitrogen and oxygen atoms in total. The minimum atomic E-state index is -1.35. The number of benzene rings is 1. The molecule has 94 valence electrons. The van der Waals surface area contributed by atoms with Crippen LogP contribution >= 0.6 is 15.9 Å². The molecule has 1 aliphatic heterocycles. The molecule has 0 bridgehead atoms. The van der Waals surface area contributed by atoms with Crippen LogP contribution in [-0.2, 0) is 0 Å². The summed E-state index contributed by atoms with van der Waals surface area (Å²) in [5.41, 5.74) is -0.615. The third-order valence-electron chi connectivity index (χ3n) is 3.27. The van der Waals surface area contributed by atoms with Crippen LogP contribution in [0.4, 0.5) is 8.78 Å². The van der Waals surface area contributed by atoms with Crippen molar-refractivity contribution in [2.24, 2.45) is 5.92 Å². The van der Waals surface area contributed by atoms with Gasteiger partial charge in [-0.05, 0) is 56.6 Å². The average Bonchev–Trinajstić information content (AvgIpc) is 2.06. The lowest BCUT2D eigenvalue weighted by atomic mass is 9.74. The fourth-order valence-electron chi connectivity index (χ4n) is 2.53. The summed E-state index contributed by atoms with van der Waals surface area (Å²) < 4.78 is 28.4. The molecule has 1 aliphatic rings. The summed E-state index contributed by atoms with van der Waals surface area (Å²) in [6.07, 6.45) is 0. The standard InChI is InChI=1S/C13H16BrF2N/c1-13(2,16)12(9-6-17-7-9)8-3-10(14)5-11(15)4-8/h3-5,9,12,17H,6-7H2,1-2H3/t12-/m1/s1. The summed E-state index contributed by atoms with van der Waals surface area (Å²) >= 11 is 3.26. The first-order chi connectivity index (χ1) is 7.88. The van der Waals surface area contributed by atoms with Crippen LogP contribution in [0.1, 0.15) is 25.3 Å². The molecule has 2 rings (SSSR count). The maximum atomic E-state index is 14.3. The molecule has 1 fully saturated rings. The molecule has 1 aromatic rings. The smallest absolute Gasteiger partial charge is 0.124 e. The predicted molar refractivity (Wildman–Crippen MR) is 68.4 cm³/mol. The summed E-state index contributed by atoms with van der Waals surface area (Å²) in [5.74, 6) is -0.352. The van der Waals surface area contributed by atoms with Crippen molar-refractivity contribution in [3.63, 3.8) is 0 Å². The van der Waals surface area contributed by atoms with Crippen LogP contribution in [-0.4, -0.2) is 18.8 Å². The number of nitrogens with one attached hydrogen (secondary N) is 1.